The largest absolute Gasteiger partial charge is 0.478 e. The van der Waals surface area contributed by atoms with E-state index < -0.39 is 5.97 Å². The molecule has 3 aromatic rings. The number of allylic oxidation sites excluding steroid dienone is 3. The minimum atomic E-state index is -0.985. The minimum absolute atomic E-state index is 0.103. The highest BCUT2D eigenvalue weighted by molar-refractivity contribution is 6.08. The molecule has 0 saturated heterocycles. The summed E-state index contributed by atoms with van der Waals surface area (Å²) in [6.07, 6.45) is 1.81. The number of carboxylic acids is 1. The summed E-state index contributed by atoms with van der Waals surface area (Å²) in [6.45, 7) is 5.44. The van der Waals surface area contributed by atoms with E-state index in [1.54, 1.807) is 25.1 Å². The van der Waals surface area contributed by atoms with E-state index in [0.29, 0.717) is 33.9 Å². The van der Waals surface area contributed by atoms with Crippen molar-refractivity contribution < 1.29 is 14.3 Å². The summed E-state index contributed by atoms with van der Waals surface area (Å²) in [5.74, 6) is 0.264. The molecule has 0 fully saturated rings. The topological polar surface area (TPSA) is 137 Å². The van der Waals surface area contributed by atoms with Crippen LogP contribution in [0.2, 0.25) is 0 Å². The Morgan fingerprint density at radius 2 is 1.91 bits per heavy atom. The first-order valence-electron chi connectivity index (χ1n) is 9.75. The van der Waals surface area contributed by atoms with E-state index in [-0.39, 0.29) is 16.9 Å². The fraction of sp³-hybridized carbons (Fsp3) is 0.120. The van der Waals surface area contributed by atoms with Gasteiger partial charge in [-0.1, -0.05) is 6.07 Å². The number of hydrogen-bond donors (Lipinski definition) is 2. The standard InChI is InChI=1S/C25H18N4O3/c1-12-8-15(25(30)31)4-6-17(12)21-7-5-16(32-21)9-18-13(2)19(10-26)23-22(18)14(3)20(11-27)24(28)29-23/h4-9H,1-3H3,(H2,28,29)(H,30,31)/b18-9-. The van der Waals surface area contributed by atoms with E-state index in [0.717, 1.165) is 22.3 Å². The molecule has 0 saturated carbocycles. The SMILES string of the molecule is CC1=C(C#N)c2nc(N)c(C#N)c(C)c2/C1=C\c1ccc(-c2ccc(C(=O)O)cc2C)o1. The molecule has 2 heterocycles. The number of pyridine rings is 1. The molecule has 0 atom stereocenters. The first-order chi connectivity index (χ1) is 15.3. The minimum Gasteiger partial charge on any atom is -0.478 e. The number of carboxylic acid groups (broad SMARTS) is 1. The average molecular weight is 422 g/mol. The van der Waals surface area contributed by atoms with Crippen LogP contribution in [0.5, 0.6) is 0 Å². The molecule has 0 aliphatic heterocycles. The quantitative estimate of drug-likeness (QED) is 0.608. The molecular formula is C25H18N4O3. The van der Waals surface area contributed by atoms with Crippen LogP contribution in [0.4, 0.5) is 5.82 Å². The Labute approximate surface area is 184 Å². The molecule has 1 aliphatic carbocycles. The Balaban J connectivity index is 1.83. The molecule has 0 bridgehead atoms. The van der Waals surface area contributed by atoms with Crippen LogP contribution in [0.25, 0.3) is 28.5 Å². The van der Waals surface area contributed by atoms with Crippen molar-refractivity contribution in [1.82, 2.24) is 4.98 Å². The number of benzene rings is 1. The fourth-order valence-corrected chi connectivity index (χ4v) is 3.99. The summed E-state index contributed by atoms with van der Waals surface area (Å²) in [6, 6.07) is 12.7. The van der Waals surface area contributed by atoms with Gasteiger partial charge < -0.3 is 15.3 Å². The molecule has 7 nitrogen and oxygen atoms in total. The molecule has 3 N–H and O–H groups in total. The molecule has 0 unspecified atom stereocenters. The predicted molar refractivity (Wildman–Crippen MR) is 120 cm³/mol. The maximum atomic E-state index is 11.2. The predicted octanol–water partition coefficient (Wildman–Crippen LogP) is 4.96. The number of nitrogens with two attached hydrogens (primary N) is 1. The molecule has 0 amide bonds. The Bertz CT molecular complexity index is 1460. The van der Waals surface area contributed by atoms with Gasteiger partial charge in [0.05, 0.1) is 22.4 Å². The number of anilines is 1. The Hall–Kier alpha value is -4.62. The van der Waals surface area contributed by atoms with Crippen LogP contribution in [0, 0.1) is 36.5 Å². The number of nitrogens with zero attached hydrogens (tertiary/aromatic N) is 3. The number of aromatic nitrogens is 1. The number of carbonyl (C=O) groups is 1. The lowest BCUT2D eigenvalue weighted by molar-refractivity contribution is 0.0697. The molecular weight excluding hydrogens is 404 g/mol. The van der Waals surface area contributed by atoms with E-state index in [2.05, 4.69) is 17.1 Å². The van der Waals surface area contributed by atoms with Gasteiger partial charge in [-0.3, -0.25) is 0 Å². The van der Waals surface area contributed by atoms with E-state index in [9.17, 15) is 15.3 Å². The molecule has 1 aliphatic rings. The van der Waals surface area contributed by atoms with E-state index in [1.807, 2.05) is 26.0 Å². The Morgan fingerprint density at radius 3 is 2.53 bits per heavy atom. The second kappa shape index (κ2) is 7.57. The van der Waals surface area contributed by atoms with Crippen molar-refractivity contribution in [2.45, 2.75) is 20.8 Å². The second-order valence-electron chi connectivity index (χ2n) is 7.54. The first-order valence-corrected chi connectivity index (χ1v) is 9.75. The number of hydrogen-bond acceptors (Lipinski definition) is 6. The maximum Gasteiger partial charge on any atom is 0.335 e. The Morgan fingerprint density at radius 1 is 1.16 bits per heavy atom. The smallest absolute Gasteiger partial charge is 0.335 e. The van der Waals surface area contributed by atoms with Gasteiger partial charge in [0, 0.05) is 11.1 Å². The number of aryl methyl sites for hydroxylation is 1. The maximum absolute atomic E-state index is 11.2. The summed E-state index contributed by atoms with van der Waals surface area (Å²) < 4.78 is 6.03. The summed E-state index contributed by atoms with van der Waals surface area (Å²) in [5, 5.41) is 28.3. The van der Waals surface area contributed by atoms with Gasteiger partial charge in [0.2, 0.25) is 0 Å². The van der Waals surface area contributed by atoms with Crippen LogP contribution in [0.15, 0.2) is 40.3 Å². The molecule has 0 radical (unpaired) electrons. The van der Waals surface area contributed by atoms with Crippen molar-refractivity contribution in [3.8, 4) is 23.5 Å². The lowest BCUT2D eigenvalue weighted by Gasteiger charge is -2.10. The van der Waals surface area contributed by atoms with Crippen molar-refractivity contribution in [2.75, 3.05) is 5.73 Å². The van der Waals surface area contributed by atoms with Crippen LogP contribution in [0.1, 0.15) is 51.0 Å². The number of nitriles is 2. The Kier molecular flexibility index (Phi) is 4.88. The van der Waals surface area contributed by atoms with Gasteiger partial charge in [-0.25, -0.2) is 9.78 Å². The van der Waals surface area contributed by atoms with Crippen molar-refractivity contribution in [3.63, 3.8) is 0 Å². The van der Waals surface area contributed by atoms with Gasteiger partial charge in [0.15, 0.2) is 0 Å². The van der Waals surface area contributed by atoms with E-state index >= 15 is 0 Å². The highest BCUT2D eigenvalue weighted by Crippen LogP contribution is 2.44. The number of fused-ring (bicyclic) bond motifs is 1. The van der Waals surface area contributed by atoms with E-state index in [4.69, 9.17) is 15.3 Å². The van der Waals surface area contributed by atoms with Gasteiger partial charge in [-0.05, 0) is 73.4 Å². The number of aromatic carboxylic acids is 1. The van der Waals surface area contributed by atoms with Crippen molar-refractivity contribution >= 4 is 29.0 Å². The number of nitrogen functional groups attached to an aromatic ring is 1. The molecule has 32 heavy (non-hydrogen) atoms. The van der Waals surface area contributed by atoms with Crippen molar-refractivity contribution in [3.05, 3.63) is 75.2 Å². The third kappa shape index (κ3) is 3.13. The van der Waals surface area contributed by atoms with Gasteiger partial charge in [0.1, 0.15) is 29.5 Å². The first kappa shape index (κ1) is 20.6. The van der Waals surface area contributed by atoms with Crippen LogP contribution >= 0.6 is 0 Å². The van der Waals surface area contributed by atoms with Crippen LogP contribution < -0.4 is 5.73 Å². The third-order valence-corrected chi connectivity index (χ3v) is 5.64. The summed E-state index contributed by atoms with van der Waals surface area (Å²) >= 11 is 0. The molecule has 4 rings (SSSR count). The molecule has 7 heteroatoms. The van der Waals surface area contributed by atoms with Crippen LogP contribution in [-0.4, -0.2) is 16.1 Å². The lowest BCUT2D eigenvalue weighted by Crippen LogP contribution is -2.03. The summed E-state index contributed by atoms with van der Waals surface area (Å²) in [5.41, 5.74) is 11.7. The number of rotatable bonds is 3. The van der Waals surface area contributed by atoms with Gasteiger partial charge >= 0.3 is 5.97 Å². The highest BCUT2D eigenvalue weighted by Gasteiger charge is 2.30. The zero-order valence-electron chi connectivity index (χ0n) is 17.6. The van der Waals surface area contributed by atoms with Crippen LogP contribution in [-0.2, 0) is 0 Å². The van der Waals surface area contributed by atoms with Crippen molar-refractivity contribution in [1.29, 1.82) is 10.5 Å². The molecule has 156 valence electrons. The van der Waals surface area contributed by atoms with Crippen molar-refractivity contribution in [2.24, 2.45) is 0 Å². The lowest BCUT2D eigenvalue weighted by atomic mass is 9.96. The zero-order chi connectivity index (χ0) is 23.2. The zero-order valence-corrected chi connectivity index (χ0v) is 17.6. The molecule has 1 aromatic carbocycles. The summed E-state index contributed by atoms with van der Waals surface area (Å²) in [4.78, 5) is 15.5. The van der Waals surface area contributed by atoms with Gasteiger partial charge in [0.25, 0.3) is 0 Å². The van der Waals surface area contributed by atoms with Gasteiger partial charge in [-0.2, -0.15) is 10.5 Å². The van der Waals surface area contributed by atoms with Crippen LogP contribution in [0.3, 0.4) is 0 Å². The number of furan rings is 1. The average Bonchev–Trinajstić information content (AvgIpc) is 3.31. The molecule has 2 aromatic heterocycles. The normalized spacial score (nSPS) is 13.7. The summed E-state index contributed by atoms with van der Waals surface area (Å²) in [7, 11) is 0. The van der Waals surface area contributed by atoms with Gasteiger partial charge in [-0.15, -0.1) is 0 Å². The highest BCUT2D eigenvalue weighted by atomic mass is 16.4. The third-order valence-electron chi connectivity index (χ3n) is 5.64. The monoisotopic (exact) mass is 422 g/mol. The van der Waals surface area contributed by atoms with E-state index in [1.165, 1.54) is 6.07 Å². The fourth-order valence-electron chi connectivity index (χ4n) is 3.99. The molecule has 0 spiro atoms. The second-order valence-corrected chi connectivity index (χ2v) is 7.54.